The monoisotopic (exact) mass is 644 g/mol. The van der Waals surface area contributed by atoms with E-state index >= 15 is 0 Å². The summed E-state index contributed by atoms with van der Waals surface area (Å²) in [5, 5.41) is 25.4. The molecule has 0 heterocycles. The van der Waals surface area contributed by atoms with Crippen molar-refractivity contribution in [1.82, 2.24) is 10.2 Å². The van der Waals surface area contributed by atoms with E-state index in [4.69, 9.17) is 37.4 Å². The molecule has 0 aromatic heterocycles. The average molecular weight is 645 g/mol. The smallest absolute Gasteiger partial charge is 0.411 e. The lowest BCUT2D eigenvalue weighted by Crippen LogP contribution is -2.40. The first-order valence-corrected chi connectivity index (χ1v) is 13.7. The molecule has 1 N–H and O–H groups in total. The molecule has 236 valence electrons. The van der Waals surface area contributed by atoms with Gasteiger partial charge >= 0.3 is 18.0 Å². The number of carbonyl (C=O) groups is 3. The topological polar surface area (TPSA) is 180 Å². The highest BCUT2D eigenvalue weighted by molar-refractivity contribution is 6.31. The predicted molar refractivity (Wildman–Crippen MR) is 158 cm³/mol. The van der Waals surface area contributed by atoms with E-state index in [9.17, 15) is 34.6 Å². The van der Waals surface area contributed by atoms with E-state index in [-0.39, 0.29) is 48.2 Å². The van der Waals surface area contributed by atoms with E-state index in [1.54, 1.807) is 34.6 Å². The number of carbonyl (C=O) groups excluding carboxylic acids is 3. The first-order valence-electron chi connectivity index (χ1n) is 12.9. The van der Waals surface area contributed by atoms with Crippen molar-refractivity contribution in [3.05, 3.63) is 77.8 Å². The van der Waals surface area contributed by atoms with Gasteiger partial charge in [-0.15, -0.1) is 0 Å². The number of ether oxygens (including phenoxy) is 3. The molecule has 0 atom stereocenters. The van der Waals surface area contributed by atoms with Gasteiger partial charge in [-0.2, -0.15) is 0 Å². The standard InChI is InChI=1S/C16H21ClN2O6.C11H13ClN2O4/c1-5-24-14(20)10-18(15(21)25-16(2,3)4)9-11-8-12(17)6-7-13(11)19(22)23;1-2-18-11(15)7-13-6-8-5-9(12)3-4-10(8)14(16)17/h6-8H,5,9-10H2,1-4H3;3-5,13H,2,6-7H2,1H3. The van der Waals surface area contributed by atoms with E-state index in [1.807, 2.05) is 0 Å². The molecule has 0 radical (unpaired) electrons. The minimum Gasteiger partial charge on any atom is -0.465 e. The molecule has 1 amide bonds. The van der Waals surface area contributed by atoms with Crippen LogP contribution in [0.1, 0.15) is 45.7 Å². The molecule has 2 aromatic carbocycles. The second-order valence-corrected chi connectivity index (χ2v) is 10.5. The van der Waals surface area contributed by atoms with E-state index in [1.165, 1.54) is 36.4 Å². The molecule has 14 nitrogen and oxygen atoms in total. The number of hydrogen-bond donors (Lipinski definition) is 1. The van der Waals surface area contributed by atoms with E-state index in [0.29, 0.717) is 17.2 Å². The Morgan fingerprint density at radius 3 is 1.84 bits per heavy atom. The Bertz CT molecular complexity index is 1300. The summed E-state index contributed by atoms with van der Waals surface area (Å²) in [7, 11) is 0. The second-order valence-electron chi connectivity index (χ2n) is 9.61. The summed E-state index contributed by atoms with van der Waals surface area (Å²) in [4.78, 5) is 57.1. The van der Waals surface area contributed by atoms with Crippen LogP contribution in [0.3, 0.4) is 0 Å². The summed E-state index contributed by atoms with van der Waals surface area (Å²) in [6.45, 7) is 8.39. The van der Waals surface area contributed by atoms with Gasteiger partial charge in [0, 0.05) is 34.3 Å². The van der Waals surface area contributed by atoms with Crippen LogP contribution in [0.5, 0.6) is 0 Å². The third-order valence-electron chi connectivity index (χ3n) is 5.00. The number of esters is 2. The van der Waals surface area contributed by atoms with Crippen molar-refractivity contribution in [2.24, 2.45) is 0 Å². The Kier molecular flexibility index (Phi) is 15.4. The highest BCUT2D eigenvalue weighted by atomic mass is 35.5. The lowest BCUT2D eigenvalue weighted by Gasteiger charge is -2.26. The predicted octanol–water partition coefficient (Wildman–Crippen LogP) is 5.45. The number of amides is 1. The molecule has 0 saturated carbocycles. The molecular weight excluding hydrogens is 611 g/mol. The number of hydrogen-bond acceptors (Lipinski definition) is 11. The van der Waals surface area contributed by atoms with Crippen LogP contribution in [-0.4, -0.2) is 64.7 Å². The van der Waals surface area contributed by atoms with Gasteiger partial charge in [-0.25, -0.2) is 4.79 Å². The first kappa shape index (κ1) is 37.0. The molecule has 0 bridgehead atoms. The molecule has 0 unspecified atom stereocenters. The fraction of sp³-hybridized carbons (Fsp3) is 0.444. The maximum absolute atomic E-state index is 12.4. The Morgan fingerprint density at radius 2 is 1.35 bits per heavy atom. The molecule has 0 aliphatic heterocycles. The van der Waals surface area contributed by atoms with Gasteiger partial charge in [-0.05, 0) is 58.9 Å². The van der Waals surface area contributed by atoms with Crippen molar-refractivity contribution in [2.45, 2.75) is 53.3 Å². The maximum Gasteiger partial charge on any atom is 0.411 e. The molecule has 0 spiro atoms. The number of halogens is 2. The third-order valence-corrected chi connectivity index (χ3v) is 5.47. The van der Waals surface area contributed by atoms with Crippen molar-refractivity contribution in [3.8, 4) is 0 Å². The first-order chi connectivity index (χ1) is 20.1. The summed E-state index contributed by atoms with van der Waals surface area (Å²) < 4.78 is 14.8. The molecule has 0 saturated heterocycles. The van der Waals surface area contributed by atoms with Crippen LogP contribution in [0.15, 0.2) is 36.4 Å². The largest absolute Gasteiger partial charge is 0.465 e. The molecule has 0 fully saturated rings. The molecule has 2 rings (SSSR count). The summed E-state index contributed by atoms with van der Waals surface area (Å²) >= 11 is 11.7. The molecular formula is C27H34Cl2N4O10. The zero-order valence-electron chi connectivity index (χ0n) is 24.4. The summed E-state index contributed by atoms with van der Waals surface area (Å²) in [6, 6.07) is 8.29. The molecule has 43 heavy (non-hydrogen) atoms. The number of benzene rings is 2. The molecule has 0 aliphatic carbocycles. The van der Waals surface area contributed by atoms with Crippen molar-refractivity contribution >= 4 is 52.6 Å². The molecule has 0 aliphatic rings. The fourth-order valence-electron chi connectivity index (χ4n) is 3.32. The summed E-state index contributed by atoms with van der Waals surface area (Å²) in [6.07, 6.45) is -0.783. The van der Waals surface area contributed by atoms with Crippen LogP contribution in [0.2, 0.25) is 10.0 Å². The van der Waals surface area contributed by atoms with Crippen LogP contribution in [-0.2, 0) is 36.9 Å². The van der Waals surface area contributed by atoms with Crippen LogP contribution >= 0.6 is 23.2 Å². The zero-order chi connectivity index (χ0) is 32.7. The van der Waals surface area contributed by atoms with E-state index < -0.39 is 40.0 Å². The van der Waals surface area contributed by atoms with Gasteiger partial charge in [-0.1, -0.05) is 23.2 Å². The van der Waals surface area contributed by atoms with Gasteiger partial charge in [0.15, 0.2) is 0 Å². The highest BCUT2D eigenvalue weighted by Gasteiger charge is 2.27. The summed E-state index contributed by atoms with van der Waals surface area (Å²) in [5.74, 6) is -1.04. The minimum atomic E-state index is -0.787. The Balaban J connectivity index is 0.000000453. The van der Waals surface area contributed by atoms with Gasteiger partial charge < -0.3 is 19.5 Å². The van der Waals surface area contributed by atoms with E-state index in [0.717, 1.165) is 4.90 Å². The Labute approximate surface area is 258 Å². The second kappa shape index (κ2) is 17.8. The van der Waals surface area contributed by atoms with Crippen molar-refractivity contribution in [3.63, 3.8) is 0 Å². The van der Waals surface area contributed by atoms with Gasteiger partial charge in [0.2, 0.25) is 0 Å². The number of nitrogens with one attached hydrogen (secondary N) is 1. The quantitative estimate of drug-likeness (QED) is 0.134. The molecule has 2 aromatic rings. The van der Waals surface area contributed by atoms with Crippen molar-refractivity contribution in [1.29, 1.82) is 0 Å². The lowest BCUT2D eigenvalue weighted by atomic mass is 10.1. The summed E-state index contributed by atoms with van der Waals surface area (Å²) in [5.41, 5.74) is -0.411. The Morgan fingerprint density at radius 1 is 0.860 bits per heavy atom. The normalized spacial score (nSPS) is 10.6. The van der Waals surface area contributed by atoms with E-state index in [2.05, 4.69) is 5.32 Å². The van der Waals surface area contributed by atoms with Crippen LogP contribution in [0, 0.1) is 20.2 Å². The number of rotatable bonds is 12. The molecule has 16 heteroatoms. The van der Waals surface area contributed by atoms with Crippen LogP contribution in [0.25, 0.3) is 0 Å². The van der Waals surface area contributed by atoms with Gasteiger partial charge in [0.1, 0.15) is 12.1 Å². The van der Waals surface area contributed by atoms with Crippen molar-refractivity contribution < 1.29 is 38.4 Å². The number of nitro benzene ring substituents is 2. The average Bonchev–Trinajstić information content (AvgIpc) is 2.88. The van der Waals surface area contributed by atoms with Gasteiger partial charge in [0.05, 0.1) is 41.7 Å². The number of nitro groups is 2. The van der Waals surface area contributed by atoms with Crippen LogP contribution < -0.4 is 5.32 Å². The SMILES string of the molecule is CCOC(=O)CN(Cc1cc(Cl)ccc1[N+](=O)[O-])C(=O)OC(C)(C)C.CCOC(=O)CNCc1cc(Cl)ccc1[N+](=O)[O-]. The zero-order valence-corrected chi connectivity index (χ0v) is 25.9. The van der Waals surface area contributed by atoms with Gasteiger partial charge in [0.25, 0.3) is 11.4 Å². The fourth-order valence-corrected chi connectivity index (χ4v) is 3.71. The third kappa shape index (κ3) is 14.1. The van der Waals surface area contributed by atoms with Crippen LogP contribution in [0.4, 0.5) is 16.2 Å². The van der Waals surface area contributed by atoms with Crippen molar-refractivity contribution in [2.75, 3.05) is 26.3 Å². The Hall–Kier alpha value is -4.01. The minimum absolute atomic E-state index is 0.00247. The number of nitrogens with zero attached hydrogens (tertiary/aromatic N) is 3. The maximum atomic E-state index is 12.4. The van der Waals surface area contributed by atoms with Gasteiger partial charge in [-0.3, -0.25) is 34.7 Å². The highest BCUT2D eigenvalue weighted by Crippen LogP contribution is 2.25. The lowest BCUT2D eigenvalue weighted by molar-refractivity contribution is -0.385.